The van der Waals surface area contributed by atoms with Crippen molar-refractivity contribution in [3.05, 3.63) is 83.4 Å². The maximum Gasteiger partial charge on any atom is 0.338 e. The Hall–Kier alpha value is -3.00. The molecule has 0 unspecified atom stereocenters. The van der Waals surface area contributed by atoms with Crippen molar-refractivity contribution in [1.29, 1.82) is 0 Å². The fraction of sp³-hybridized carbons (Fsp3) is 0.273. The van der Waals surface area contributed by atoms with Crippen LogP contribution in [-0.2, 0) is 14.2 Å². The Morgan fingerprint density at radius 2 is 1.45 bits per heavy atom. The summed E-state index contributed by atoms with van der Waals surface area (Å²) in [6.07, 6.45) is -3.27. The highest BCUT2D eigenvalue weighted by Crippen LogP contribution is 2.26. The van der Waals surface area contributed by atoms with E-state index in [1.165, 1.54) is 13.2 Å². The van der Waals surface area contributed by atoms with Gasteiger partial charge in [0.25, 0.3) is 0 Å². The third-order valence-electron chi connectivity index (χ3n) is 4.65. The number of carbonyl (C=O) groups excluding carboxylic acids is 2. The van der Waals surface area contributed by atoms with Gasteiger partial charge in [-0.25, -0.2) is 9.59 Å². The first-order chi connectivity index (χ1) is 14.0. The molecule has 29 heavy (non-hydrogen) atoms. The van der Waals surface area contributed by atoms with Crippen molar-refractivity contribution in [2.24, 2.45) is 0 Å². The van der Waals surface area contributed by atoms with Gasteiger partial charge in [-0.05, 0) is 35.9 Å². The van der Waals surface area contributed by atoms with Gasteiger partial charge in [-0.1, -0.05) is 36.4 Å². The Morgan fingerprint density at radius 3 is 2.00 bits per heavy atom. The van der Waals surface area contributed by atoms with E-state index in [2.05, 4.69) is 0 Å². The lowest BCUT2D eigenvalue weighted by Crippen LogP contribution is -2.52. The Bertz CT molecular complexity index is 863. The van der Waals surface area contributed by atoms with Crippen molar-refractivity contribution in [2.45, 2.75) is 24.4 Å². The van der Waals surface area contributed by atoms with Crippen LogP contribution >= 0.6 is 0 Å². The third-order valence-corrected chi connectivity index (χ3v) is 4.65. The van der Waals surface area contributed by atoms with Crippen LogP contribution in [0.4, 0.5) is 0 Å². The minimum Gasteiger partial charge on any atom is -0.457 e. The average molecular weight is 398 g/mol. The van der Waals surface area contributed by atoms with Crippen LogP contribution in [0.1, 0.15) is 20.7 Å². The Balaban J connectivity index is 1.72. The first-order valence-corrected chi connectivity index (χ1v) is 9.09. The maximum atomic E-state index is 12.4. The predicted octanol–water partition coefficient (Wildman–Crippen LogP) is 1.75. The molecule has 0 radical (unpaired) electrons. The number of benzene rings is 2. The molecule has 2 aromatic carbocycles. The van der Waals surface area contributed by atoms with E-state index in [9.17, 15) is 19.8 Å². The zero-order valence-corrected chi connectivity index (χ0v) is 15.8. The van der Waals surface area contributed by atoms with E-state index in [0.717, 1.165) is 0 Å². The molecule has 3 rings (SSSR count). The van der Waals surface area contributed by atoms with Crippen molar-refractivity contribution >= 4 is 11.9 Å². The summed E-state index contributed by atoms with van der Waals surface area (Å²) in [5.41, 5.74) is 0.929. The zero-order valence-electron chi connectivity index (χ0n) is 15.8. The molecule has 0 aromatic heterocycles. The van der Waals surface area contributed by atoms with E-state index in [1.807, 2.05) is 0 Å². The van der Waals surface area contributed by atoms with Crippen LogP contribution in [0, 0.1) is 0 Å². The Morgan fingerprint density at radius 1 is 0.897 bits per heavy atom. The van der Waals surface area contributed by atoms with Crippen LogP contribution in [0.25, 0.3) is 0 Å². The van der Waals surface area contributed by atoms with Crippen molar-refractivity contribution in [3.63, 3.8) is 0 Å². The lowest BCUT2D eigenvalue weighted by atomic mass is 9.89. The minimum absolute atomic E-state index is 0.235. The molecule has 4 atom stereocenters. The summed E-state index contributed by atoms with van der Waals surface area (Å²) >= 11 is 0. The summed E-state index contributed by atoms with van der Waals surface area (Å²) < 4.78 is 15.8. The zero-order chi connectivity index (χ0) is 20.8. The van der Waals surface area contributed by atoms with E-state index < -0.39 is 36.4 Å². The number of carbonyl (C=O) groups is 2. The molecule has 152 valence electrons. The monoisotopic (exact) mass is 398 g/mol. The van der Waals surface area contributed by atoms with Gasteiger partial charge in [-0.15, -0.1) is 0 Å². The van der Waals surface area contributed by atoms with Gasteiger partial charge in [0.05, 0.1) is 11.1 Å². The second kappa shape index (κ2) is 9.47. The molecule has 0 amide bonds. The topological polar surface area (TPSA) is 102 Å². The van der Waals surface area contributed by atoms with Crippen LogP contribution in [0.5, 0.6) is 0 Å². The molecule has 0 saturated heterocycles. The highest BCUT2D eigenvalue weighted by molar-refractivity contribution is 5.90. The number of aliphatic hydroxyl groups is 2. The quantitative estimate of drug-likeness (QED) is 0.564. The highest BCUT2D eigenvalue weighted by atomic mass is 16.6. The normalized spacial score (nSPS) is 23.8. The molecule has 7 heteroatoms. The fourth-order valence-electron chi connectivity index (χ4n) is 3.04. The van der Waals surface area contributed by atoms with Gasteiger partial charge in [-0.3, -0.25) is 0 Å². The van der Waals surface area contributed by atoms with Gasteiger partial charge < -0.3 is 24.4 Å². The Kier molecular flexibility index (Phi) is 6.77. The lowest BCUT2D eigenvalue weighted by molar-refractivity contribution is -0.111. The van der Waals surface area contributed by atoms with Gasteiger partial charge in [0.1, 0.15) is 24.9 Å². The molecule has 0 saturated carbocycles. The second-order valence-electron chi connectivity index (χ2n) is 6.56. The van der Waals surface area contributed by atoms with Crippen molar-refractivity contribution in [1.82, 2.24) is 0 Å². The summed E-state index contributed by atoms with van der Waals surface area (Å²) in [5, 5.41) is 21.1. The molecule has 0 heterocycles. The van der Waals surface area contributed by atoms with Crippen LogP contribution in [-0.4, -0.2) is 60.3 Å². The molecule has 0 spiro atoms. The molecule has 2 aromatic rings. The number of methoxy groups -OCH3 is 1. The fourth-order valence-corrected chi connectivity index (χ4v) is 3.04. The van der Waals surface area contributed by atoms with Crippen LogP contribution in [0.3, 0.4) is 0 Å². The summed E-state index contributed by atoms with van der Waals surface area (Å²) in [7, 11) is 1.38. The summed E-state index contributed by atoms with van der Waals surface area (Å²) in [5.74, 6) is -1.25. The highest BCUT2D eigenvalue weighted by Gasteiger charge is 2.41. The van der Waals surface area contributed by atoms with Crippen LogP contribution in [0.15, 0.2) is 72.3 Å². The predicted molar refractivity (Wildman–Crippen MR) is 103 cm³/mol. The Labute approximate surface area is 168 Å². The molecule has 7 nitrogen and oxygen atoms in total. The molecular weight excluding hydrogens is 376 g/mol. The first kappa shape index (κ1) is 20.7. The summed E-state index contributed by atoms with van der Waals surface area (Å²) in [4.78, 5) is 24.5. The van der Waals surface area contributed by atoms with Crippen molar-refractivity contribution < 1.29 is 34.0 Å². The summed E-state index contributed by atoms with van der Waals surface area (Å²) in [6.45, 7) is -0.235. The van der Waals surface area contributed by atoms with Gasteiger partial charge in [0.2, 0.25) is 0 Å². The lowest BCUT2D eigenvalue weighted by Gasteiger charge is -2.36. The number of esters is 2. The average Bonchev–Trinajstić information content (AvgIpc) is 2.77. The molecule has 2 N–H and O–H groups in total. The van der Waals surface area contributed by atoms with E-state index in [4.69, 9.17) is 14.2 Å². The standard InChI is InChI=1S/C22H22O7/c1-27-17-12-16(13-28-21(25)14-8-4-2-5-9-14)18(23)20(19(17)24)29-22(26)15-10-6-3-7-11-15/h2-12,17-20,23-24H,13H2,1H3/t17-,18+,19+,20+/m0/s1. The van der Waals surface area contributed by atoms with Gasteiger partial charge in [0.15, 0.2) is 6.10 Å². The van der Waals surface area contributed by atoms with Gasteiger partial charge in [0, 0.05) is 7.11 Å². The molecular formula is C22H22O7. The van der Waals surface area contributed by atoms with Gasteiger partial charge in [-0.2, -0.15) is 0 Å². The third kappa shape index (κ3) is 4.89. The second-order valence-corrected chi connectivity index (χ2v) is 6.56. The maximum absolute atomic E-state index is 12.4. The van der Waals surface area contributed by atoms with Crippen LogP contribution < -0.4 is 0 Å². The van der Waals surface area contributed by atoms with Crippen molar-refractivity contribution in [3.8, 4) is 0 Å². The summed E-state index contributed by atoms with van der Waals surface area (Å²) in [6, 6.07) is 16.7. The molecule has 1 aliphatic rings. The smallest absolute Gasteiger partial charge is 0.338 e. The van der Waals surface area contributed by atoms with Gasteiger partial charge >= 0.3 is 11.9 Å². The SMILES string of the molecule is CO[C@H]1C=C(COC(=O)c2ccccc2)[C@@H](O)[C@@H](OC(=O)c2ccccc2)[C@@H]1O. The van der Waals surface area contributed by atoms with Crippen molar-refractivity contribution in [2.75, 3.05) is 13.7 Å². The number of ether oxygens (including phenoxy) is 3. The van der Waals surface area contributed by atoms with Crippen LogP contribution in [0.2, 0.25) is 0 Å². The first-order valence-electron chi connectivity index (χ1n) is 9.09. The molecule has 0 aliphatic heterocycles. The van der Waals surface area contributed by atoms with E-state index >= 15 is 0 Å². The van der Waals surface area contributed by atoms with E-state index in [0.29, 0.717) is 5.56 Å². The molecule has 0 bridgehead atoms. The number of aliphatic hydroxyl groups excluding tert-OH is 2. The number of rotatable bonds is 6. The molecule has 1 aliphatic carbocycles. The van der Waals surface area contributed by atoms with E-state index in [-0.39, 0.29) is 17.7 Å². The number of hydrogen-bond acceptors (Lipinski definition) is 7. The number of hydrogen-bond donors (Lipinski definition) is 2. The molecule has 0 fully saturated rings. The minimum atomic E-state index is -1.35. The largest absolute Gasteiger partial charge is 0.457 e. The van der Waals surface area contributed by atoms with E-state index in [1.54, 1.807) is 60.7 Å².